The molecule has 39 heavy (non-hydrogen) atoms. The van der Waals surface area contributed by atoms with Gasteiger partial charge in [0.2, 0.25) is 0 Å². The quantitative estimate of drug-likeness (QED) is 0.268. The Labute approximate surface area is 227 Å². The number of hydrogen-bond acceptors (Lipinski definition) is 8. The van der Waals surface area contributed by atoms with Gasteiger partial charge < -0.3 is 24.2 Å². The van der Waals surface area contributed by atoms with Gasteiger partial charge >= 0.3 is 0 Å². The third kappa shape index (κ3) is 5.00. The van der Waals surface area contributed by atoms with Gasteiger partial charge in [0.1, 0.15) is 17.3 Å². The highest BCUT2D eigenvalue weighted by atomic mass is 16.5. The Morgan fingerprint density at radius 3 is 2.49 bits per heavy atom. The van der Waals surface area contributed by atoms with Crippen molar-refractivity contribution < 1.29 is 28.9 Å². The number of morpholine rings is 1. The van der Waals surface area contributed by atoms with Crippen molar-refractivity contribution >= 4 is 17.4 Å². The molecule has 0 radical (unpaired) electrons. The van der Waals surface area contributed by atoms with Crippen molar-refractivity contribution in [3.05, 3.63) is 77.1 Å². The lowest BCUT2D eigenvalue weighted by Gasteiger charge is -2.31. The zero-order valence-corrected chi connectivity index (χ0v) is 22.3. The number of Topliss-reactive ketones (excluding diaryl/α,β-unsaturated/α-hetero) is 1. The summed E-state index contributed by atoms with van der Waals surface area (Å²) in [5.74, 6) is -0.671. The van der Waals surface area contributed by atoms with E-state index in [1.54, 1.807) is 30.0 Å². The summed E-state index contributed by atoms with van der Waals surface area (Å²) in [6.45, 7) is 5.42. The summed E-state index contributed by atoms with van der Waals surface area (Å²) in [5, 5.41) is 16.1. The number of hydrogen-bond donors (Lipinski definition) is 1. The zero-order chi connectivity index (χ0) is 27.5. The van der Waals surface area contributed by atoms with Crippen molar-refractivity contribution in [1.82, 2.24) is 19.6 Å². The van der Waals surface area contributed by atoms with Crippen LogP contribution in [0.3, 0.4) is 0 Å². The maximum atomic E-state index is 13.5. The molecule has 2 aromatic carbocycles. The second-order valence-electron chi connectivity index (χ2n) is 9.45. The molecule has 204 valence electrons. The number of ketones is 1. The largest absolute Gasteiger partial charge is 0.507 e. The Hall–Kier alpha value is -4.15. The van der Waals surface area contributed by atoms with E-state index in [0.29, 0.717) is 54.6 Å². The van der Waals surface area contributed by atoms with Crippen LogP contribution in [-0.2, 0) is 14.3 Å². The molecule has 3 aromatic rings. The summed E-state index contributed by atoms with van der Waals surface area (Å²) < 4.78 is 18.1. The molecule has 2 saturated heterocycles. The number of benzene rings is 2. The first-order valence-corrected chi connectivity index (χ1v) is 12.9. The van der Waals surface area contributed by atoms with E-state index >= 15 is 0 Å². The van der Waals surface area contributed by atoms with Crippen LogP contribution in [0, 0.1) is 6.92 Å². The summed E-state index contributed by atoms with van der Waals surface area (Å²) in [5.41, 5.74) is 2.41. The lowest BCUT2D eigenvalue weighted by atomic mass is 9.94. The Morgan fingerprint density at radius 1 is 1.05 bits per heavy atom. The van der Waals surface area contributed by atoms with Gasteiger partial charge in [-0.05, 0) is 31.2 Å². The van der Waals surface area contributed by atoms with Gasteiger partial charge in [0.15, 0.2) is 0 Å². The summed E-state index contributed by atoms with van der Waals surface area (Å²) >= 11 is 0. The van der Waals surface area contributed by atoms with Crippen molar-refractivity contribution in [2.24, 2.45) is 0 Å². The first kappa shape index (κ1) is 26.5. The third-order valence-corrected chi connectivity index (χ3v) is 7.30. The number of aliphatic hydroxyl groups excluding tert-OH is 1. The molecule has 2 aliphatic rings. The predicted octanol–water partition coefficient (Wildman–Crippen LogP) is 2.95. The number of carbonyl (C=O) groups excluding carboxylic acids is 2. The fraction of sp³-hybridized carbons (Fsp3) is 0.345. The van der Waals surface area contributed by atoms with Gasteiger partial charge in [0.25, 0.3) is 11.7 Å². The maximum absolute atomic E-state index is 13.5. The fourth-order valence-corrected chi connectivity index (χ4v) is 5.17. The molecule has 0 spiro atoms. The van der Waals surface area contributed by atoms with E-state index in [1.165, 1.54) is 18.2 Å². The van der Waals surface area contributed by atoms with E-state index in [0.717, 1.165) is 18.8 Å². The minimum absolute atomic E-state index is 0.00107. The topological polar surface area (TPSA) is 106 Å². The number of aromatic nitrogens is 2. The van der Waals surface area contributed by atoms with E-state index < -0.39 is 17.7 Å². The number of ether oxygens (including phenoxy) is 3. The molecule has 1 atom stereocenters. The smallest absolute Gasteiger partial charge is 0.295 e. The number of amides is 1. The number of nitrogens with zero attached hydrogens (tertiary/aromatic N) is 4. The van der Waals surface area contributed by atoms with Gasteiger partial charge in [0.05, 0.1) is 62.2 Å². The summed E-state index contributed by atoms with van der Waals surface area (Å²) in [6, 6.07) is 13.9. The molecule has 10 heteroatoms. The first-order chi connectivity index (χ1) is 18.9. The highest BCUT2D eigenvalue weighted by molar-refractivity contribution is 6.46. The van der Waals surface area contributed by atoms with Gasteiger partial charge in [-0.15, -0.1) is 0 Å². The Bertz CT molecular complexity index is 1390. The molecule has 1 unspecified atom stereocenters. The molecule has 0 saturated carbocycles. The van der Waals surface area contributed by atoms with Crippen LogP contribution < -0.4 is 9.47 Å². The van der Waals surface area contributed by atoms with Crippen molar-refractivity contribution in [3.63, 3.8) is 0 Å². The van der Waals surface area contributed by atoms with Crippen molar-refractivity contribution in [3.8, 4) is 17.2 Å². The van der Waals surface area contributed by atoms with Crippen molar-refractivity contribution in [1.29, 1.82) is 0 Å². The van der Waals surface area contributed by atoms with Crippen molar-refractivity contribution in [2.75, 3.05) is 53.6 Å². The molecule has 0 aliphatic carbocycles. The maximum Gasteiger partial charge on any atom is 0.295 e. The second kappa shape index (κ2) is 11.3. The van der Waals surface area contributed by atoms with Crippen LogP contribution in [0.25, 0.3) is 11.4 Å². The predicted molar refractivity (Wildman–Crippen MR) is 144 cm³/mol. The molecule has 10 nitrogen and oxygen atoms in total. The lowest BCUT2D eigenvalue weighted by molar-refractivity contribution is -0.140. The summed E-state index contributed by atoms with van der Waals surface area (Å²) in [4.78, 5) is 30.7. The van der Waals surface area contributed by atoms with Gasteiger partial charge in [-0.3, -0.25) is 14.5 Å². The Kier molecular flexibility index (Phi) is 7.67. The summed E-state index contributed by atoms with van der Waals surface area (Å²) in [7, 11) is 3.07. The van der Waals surface area contributed by atoms with Gasteiger partial charge in [0, 0.05) is 37.8 Å². The molecule has 2 aliphatic heterocycles. The normalized spacial score (nSPS) is 19.5. The second-order valence-corrected chi connectivity index (χ2v) is 9.45. The van der Waals surface area contributed by atoms with Crippen LogP contribution in [0.5, 0.6) is 11.5 Å². The van der Waals surface area contributed by atoms with E-state index in [9.17, 15) is 14.7 Å². The Balaban J connectivity index is 1.60. The molecule has 1 N–H and O–H groups in total. The number of carbonyl (C=O) groups is 2. The van der Waals surface area contributed by atoms with E-state index in [-0.39, 0.29) is 11.3 Å². The average molecular weight is 533 g/mol. The highest BCUT2D eigenvalue weighted by Crippen LogP contribution is 2.44. The molecule has 5 rings (SSSR count). The SMILES string of the molecule is COc1ccc(C2C(=C(O)c3cnn(-c4ccccc4)c3C)C(=O)C(=O)N2CCN2CCOCC2)c(OC)c1. The fourth-order valence-electron chi connectivity index (χ4n) is 5.17. The molecule has 3 heterocycles. The van der Waals surface area contributed by atoms with Gasteiger partial charge in [-0.2, -0.15) is 5.10 Å². The van der Waals surface area contributed by atoms with Crippen LogP contribution in [0.1, 0.15) is 22.9 Å². The van der Waals surface area contributed by atoms with Crippen molar-refractivity contribution in [2.45, 2.75) is 13.0 Å². The Morgan fingerprint density at radius 2 is 1.79 bits per heavy atom. The summed E-state index contributed by atoms with van der Waals surface area (Å²) in [6.07, 6.45) is 1.52. The minimum atomic E-state index is -0.855. The van der Waals surface area contributed by atoms with Crippen LogP contribution in [0.2, 0.25) is 0 Å². The van der Waals surface area contributed by atoms with Crippen LogP contribution in [0.15, 0.2) is 60.3 Å². The number of aliphatic hydroxyl groups is 1. The van der Waals surface area contributed by atoms with Crippen LogP contribution >= 0.6 is 0 Å². The lowest BCUT2D eigenvalue weighted by Crippen LogP contribution is -2.42. The number of methoxy groups -OCH3 is 2. The molecule has 1 aromatic heterocycles. The highest BCUT2D eigenvalue weighted by Gasteiger charge is 2.47. The van der Waals surface area contributed by atoms with Gasteiger partial charge in [-0.1, -0.05) is 18.2 Å². The average Bonchev–Trinajstić information content (AvgIpc) is 3.48. The van der Waals surface area contributed by atoms with Gasteiger partial charge in [-0.25, -0.2) is 4.68 Å². The standard InChI is InChI=1S/C29H32N4O6/c1-19-23(18-30-33(19)20-7-5-4-6-8-20)27(34)25-26(22-10-9-21(37-2)17-24(22)38-3)32(29(36)28(25)35)12-11-31-13-15-39-16-14-31/h4-10,17-18,26,34H,11-16H2,1-3H3. The minimum Gasteiger partial charge on any atom is -0.507 e. The molecule has 0 bridgehead atoms. The molecular formula is C29H32N4O6. The van der Waals surface area contributed by atoms with Crippen LogP contribution in [-0.4, -0.2) is 90.0 Å². The van der Waals surface area contributed by atoms with E-state index in [4.69, 9.17) is 14.2 Å². The van der Waals surface area contributed by atoms with E-state index in [1.807, 2.05) is 37.3 Å². The van der Waals surface area contributed by atoms with Crippen LogP contribution in [0.4, 0.5) is 0 Å². The zero-order valence-electron chi connectivity index (χ0n) is 22.3. The first-order valence-electron chi connectivity index (χ1n) is 12.9. The number of likely N-dealkylation sites (tertiary alicyclic amines) is 1. The number of rotatable bonds is 8. The number of para-hydroxylation sites is 1. The third-order valence-electron chi connectivity index (χ3n) is 7.30. The molecule has 1 amide bonds. The van der Waals surface area contributed by atoms with E-state index in [2.05, 4.69) is 10.00 Å². The monoisotopic (exact) mass is 532 g/mol. The molecule has 2 fully saturated rings. The molecular weight excluding hydrogens is 500 g/mol.